The SMILES string of the molecule is COC(C)(C)C(=O)N1CCN([C@@H]2CN3CCC2CC3)CC1. The molecule has 4 fully saturated rings. The number of hydrogen-bond donors (Lipinski definition) is 0. The average molecular weight is 295 g/mol. The van der Waals surface area contributed by atoms with Crippen LogP contribution in [0.25, 0.3) is 0 Å². The third-order valence-electron chi connectivity index (χ3n) is 5.72. The van der Waals surface area contributed by atoms with Crippen LogP contribution in [0.4, 0.5) is 0 Å². The Morgan fingerprint density at radius 3 is 2.14 bits per heavy atom. The first-order chi connectivity index (χ1) is 10.0. The molecule has 5 heteroatoms. The Hall–Kier alpha value is -0.650. The predicted octanol–water partition coefficient (Wildman–Crippen LogP) is 0.650. The highest BCUT2D eigenvalue weighted by atomic mass is 16.5. The average Bonchev–Trinajstić information content (AvgIpc) is 2.55. The number of ether oxygens (including phenoxy) is 1. The largest absolute Gasteiger partial charge is 0.369 e. The molecule has 0 spiro atoms. The number of nitrogens with zero attached hydrogens (tertiary/aromatic N) is 3. The van der Waals surface area contributed by atoms with Crippen molar-refractivity contribution in [2.24, 2.45) is 5.92 Å². The minimum Gasteiger partial charge on any atom is -0.369 e. The van der Waals surface area contributed by atoms with Crippen molar-refractivity contribution in [2.75, 3.05) is 52.9 Å². The first-order valence-corrected chi connectivity index (χ1v) is 8.32. The first-order valence-electron chi connectivity index (χ1n) is 8.32. The van der Waals surface area contributed by atoms with Gasteiger partial charge in [0.2, 0.25) is 0 Å². The van der Waals surface area contributed by atoms with Gasteiger partial charge in [-0.25, -0.2) is 0 Å². The number of piperazine rings is 1. The number of hydrogen-bond acceptors (Lipinski definition) is 4. The third-order valence-corrected chi connectivity index (χ3v) is 5.72. The fourth-order valence-corrected chi connectivity index (χ4v) is 4.07. The van der Waals surface area contributed by atoms with Crippen molar-refractivity contribution in [3.05, 3.63) is 0 Å². The maximum atomic E-state index is 12.4. The van der Waals surface area contributed by atoms with Crippen molar-refractivity contribution in [2.45, 2.75) is 38.3 Å². The molecule has 0 saturated carbocycles. The molecule has 0 unspecified atom stereocenters. The molecule has 2 bridgehead atoms. The van der Waals surface area contributed by atoms with E-state index >= 15 is 0 Å². The van der Waals surface area contributed by atoms with Gasteiger partial charge in [-0.2, -0.15) is 0 Å². The summed E-state index contributed by atoms with van der Waals surface area (Å²) in [4.78, 5) is 19.6. The number of amides is 1. The minimum atomic E-state index is -0.697. The van der Waals surface area contributed by atoms with Crippen LogP contribution in [0, 0.1) is 5.92 Å². The van der Waals surface area contributed by atoms with Crippen molar-refractivity contribution in [1.82, 2.24) is 14.7 Å². The molecule has 5 nitrogen and oxygen atoms in total. The van der Waals surface area contributed by atoms with Crippen molar-refractivity contribution >= 4 is 5.91 Å². The van der Waals surface area contributed by atoms with Gasteiger partial charge in [0.1, 0.15) is 5.60 Å². The van der Waals surface area contributed by atoms with Gasteiger partial charge in [0, 0.05) is 45.9 Å². The predicted molar refractivity (Wildman–Crippen MR) is 82.2 cm³/mol. The number of carbonyl (C=O) groups excluding carboxylic acids is 1. The smallest absolute Gasteiger partial charge is 0.254 e. The van der Waals surface area contributed by atoms with E-state index in [4.69, 9.17) is 4.74 Å². The summed E-state index contributed by atoms with van der Waals surface area (Å²) in [6.07, 6.45) is 2.72. The van der Waals surface area contributed by atoms with Crippen molar-refractivity contribution < 1.29 is 9.53 Å². The summed E-state index contributed by atoms with van der Waals surface area (Å²) in [5.41, 5.74) is -0.697. The molecule has 0 radical (unpaired) electrons. The zero-order valence-corrected chi connectivity index (χ0v) is 13.7. The van der Waals surface area contributed by atoms with E-state index in [0.29, 0.717) is 0 Å². The van der Waals surface area contributed by atoms with Gasteiger partial charge in [-0.1, -0.05) is 0 Å². The second-order valence-electron chi connectivity index (χ2n) is 7.25. The lowest BCUT2D eigenvalue weighted by atomic mass is 9.83. The standard InChI is InChI=1S/C16H29N3O2/c1-16(2,21-3)15(20)19-10-8-18(9-11-19)14-12-17-6-4-13(14)5-7-17/h13-14H,4-12H2,1-3H3/t14-/m1/s1. The van der Waals surface area contributed by atoms with Crippen LogP contribution >= 0.6 is 0 Å². The Morgan fingerprint density at radius 1 is 1.05 bits per heavy atom. The van der Waals surface area contributed by atoms with E-state index in [9.17, 15) is 4.79 Å². The highest BCUT2D eigenvalue weighted by Gasteiger charge is 2.40. The second-order valence-corrected chi connectivity index (χ2v) is 7.25. The fraction of sp³-hybridized carbons (Fsp3) is 0.938. The summed E-state index contributed by atoms with van der Waals surface area (Å²) < 4.78 is 5.32. The molecule has 4 rings (SSSR count). The number of methoxy groups -OCH3 is 1. The molecule has 0 aromatic carbocycles. The Morgan fingerprint density at radius 2 is 1.67 bits per heavy atom. The van der Waals surface area contributed by atoms with Gasteiger partial charge in [0.05, 0.1) is 0 Å². The molecule has 120 valence electrons. The van der Waals surface area contributed by atoms with Crippen LogP contribution in [0.5, 0.6) is 0 Å². The zero-order valence-electron chi connectivity index (χ0n) is 13.7. The van der Waals surface area contributed by atoms with Crippen LogP contribution in [-0.4, -0.2) is 85.2 Å². The lowest BCUT2D eigenvalue weighted by Crippen LogP contribution is -2.62. The number of fused-ring (bicyclic) bond motifs is 3. The first kappa shape index (κ1) is 15.3. The van der Waals surface area contributed by atoms with E-state index in [-0.39, 0.29) is 5.91 Å². The summed E-state index contributed by atoms with van der Waals surface area (Å²) in [6, 6.07) is 0.722. The molecule has 1 amide bonds. The maximum absolute atomic E-state index is 12.4. The van der Waals surface area contributed by atoms with Gasteiger partial charge in [-0.3, -0.25) is 9.69 Å². The van der Waals surface area contributed by atoms with E-state index in [1.54, 1.807) is 7.11 Å². The monoisotopic (exact) mass is 295 g/mol. The number of carbonyl (C=O) groups is 1. The Labute approximate surface area is 128 Å². The molecule has 4 heterocycles. The highest BCUT2D eigenvalue weighted by molar-refractivity contribution is 5.84. The lowest BCUT2D eigenvalue weighted by molar-refractivity contribution is -0.153. The van der Waals surface area contributed by atoms with Gasteiger partial charge in [-0.05, 0) is 45.7 Å². The van der Waals surface area contributed by atoms with Crippen molar-refractivity contribution in [3.63, 3.8) is 0 Å². The van der Waals surface area contributed by atoms with Crippen LogP contribution in [-0.2, 0) is 9.53 Å². The van der Waals surface area contributed by atoms with Gasteiger partial charge in [-0.15, -0.1) is 0 Å². The molecule has 0 aromatic rings. The second kappa shape index (κ2) is 5.86. The van der Waals surface area contributed by atoms with E-state index in [1.165, 1.54) is 32.5 Å². The van der Waals surface area contributed by atoms with Crippen molar-refractivity contribution in [3.8, 4) is 0 Å². The number of piperidine rings is 3. The van der Waals surface area contributed by atoms with E-state index in [1.807, 2.05) is 18.7 Å². The molecule has 4 saturated heterocycles. The van der Waals surface area contributed by atoms with Crippen LogP contribution in [0.15, 0.2) is 0 Å². The lowest BCUT2D eigenvalue weighted by Gasteiger charge is -2.51. The summed E-state index contributed by atoms with van der Waals surface area (Å²) >= 11 is 0. The molecular weight excluding hydrogens is 266 g/mol. The topological polar surface area (TPSA) is 36.0 Å². The van der Waals surface area contributed by atoms with Gasteiger partial charge in [0.25, 0.3) is 5.91 Å². The van der Waals surface area contributed by atoms with Gasteiger partial charge in [0.15, 0.2) is 0 Å². The Bertz CT molecular complexity index is 383. The number of rotatable bonds is 3. The van der Waals surface area contributed by atoms with Crippen LogP contribution in [0.3, 0.4) is 0 Å². The van der Waals surface area contributed by atoms with Gasteiger partial charge >= 0.3 is 0 Å². The van der Waals surface area contributed by atoms with E-state index < -0.39 is 5.60 Å². The van der Waals surface area contributed by atoms with Crippen LogP contribution in [0.1, 0.15) is 26.7 Å². The molecule has 1 atom stereocenters. The van der Waals surface area contributed by atoms with Crippen LogP contribution < -0.4 is 0 Å². The highest BCUT2D eigenvalue weighted by Crippen LogP contribution is 2.31. The zero-order chi connectivity index (χ0) is 15.0. The molecule has 0 N–H and O–H groups in total. The van der Waals surface area contributed by atoms with Crippen molar-refractivity contribution in [1.29, 1.82) is 0 Å². The normalized spacial score (nSPS) is 34.2. The Kier molecular flexibility index (Phi) is 4.26. The summed E-state index contributed by atoms with van der Waals surface area (Å²) in [6.45, 7) is 11.3. The molecular formula is C16H29N3O2. The van der Waals surface area contributed by atoms with E-state index in [0.717, 1.165) is 38.1 Å². The van der Waals surface area contributed by atoms with Crippen LogP contribution in [0.2, 0.25) is 0 Å². The summed E-state index contributed by atoms with van der Waals surface area (Å²) in [7, 11) is 1.61. The minimum absolute atomic E-state index is 0.124. The summed E-state index contributed by atoms with van der Waals surface area (Å²) in [5, 5.41) is 0. The third kappa shape index (κ3) is 2.96. The quantitative estimate of drug-likeness (QED) is 0.766. The Balaban J connectivity index is 1.55. The molecule has 4 aliphatic heterocycles. The molecule has 0 aromatic heterocycles. The molecule has 21 heavy (non-hydrogen) atoms. The molecule has 4 aliphatic rings. The van der Waals surface area contributed by atoms with E-state index in [2.05, 4.69) is 9.80 Å². The fourth-order valence-electron chi connectivity index (χ4n) is 4.07. The molecule has 0 aliphatic carbocycles. The maximum Gasteiger partial charge on any atom is 0.254 e. The summed E-state index contributed by atoms with van der Waals surface area (Å²) in [5.74, 6) is 1.01. The van der Waals surface area contributed by atoms with Gasteiger partial charge < -0.3 is 14.5 Å².